The average molecular weight is 967 g/mol. The number of phenolic OH excluding ortho intramolecular Hbond substituents is 2. The predicted octanol–water partition coefficient (Wildman–Crippen LogP) is 14.2. The second-order valence-electron chi connectivity index (χ2n) is 17.6. The van der Waals surface area contributed by atoms with Gasteiger partial charge in [-0.2, -0.15) is 0 Å². The van der Waals surface area contributed by atoms with Crippen LogP contribution in [0.15, 0.2) is 146 Å². The van der Waals surface area contributed by atoms with Crippen LogP contribution in [0.4, 0.5) is 8.78 Å². The topological polar surface area (TPSA) is 83.9 Å². The van der Waals surface area contributed by atoms with Gasteiger partial charge in [0.05, 0.1) is 13.3 Å². The average Bonchev–Trinajstić information content (AvgIpc) is 3.37. The van der Waals surface area contributed by atoms with Gasteiger partial charge in [-0.15, -0.1) is 0 Å². The summed E-state index contributed by atoms with van der Waals surface area (Å²) in [6.45, 7) is 17.8. The maximum atomic E-state index is 12.6. The van der Waals surface area contributed by atoms with E-state index in [4.69, 9.17) is 18.9 Å². The van der Waals surface area contributed by atoms with Crippen LogP contribution in [0.5, 0.6) is 34.5 Å². The minimum atomic E-state index is -0.297. The zero-order chi connectivity index (χ0) is 49.6. The van der Waals surface area contributed by atoms with Crippen molar-refractivity contribution in [2.45, 2.75) is 61.2 Å². The highest BCUT2D eigenvalue weighted by Crippen LogP contribution is 2.49. The first-order valence-corrected chi connectivity index (χ1v) is 24.8. The quantitative estimate of drug-likeness (QED) is 0.112. The molecule has 10 heteroatoms. The fraction of sp³-hybridized carbons (Fsp3) is 0.344. The molecule has 4 heterocycles. The Balaban J connectivity index is 0.000000215. The molecule has 4 aliphatic rings. The van der Waals surface area contributed by atoms with Crippen LogP contribution in [-0.2, 0) is 0 Å². The lowest BCUT2D eigenvalue weighted by molar-refractivity contribution is 0.0668. The summed E-state index contributed by atoms with van der Waals surface area (Å²) < 4.78 is 49.8. The number of aromatic hydroxyl groups is 2. The lowest BCUT2D eigenvalue weighted by Crippen LogP contribution is -2.49. The smallest absolute Gasteiger partial charge is 0.150 e. The van der Waals surface area contributed by atoms with Gasteiger partial charge in [-0.3, -0.25) is 18.6 Å². The number of ether oxygens (including phenoxy) is 4. The molecule has 4 aliphatic heterocycles. The molecule has 2 N–H and O–H groups in total. The van der Waals surface area contributed by atoms with Gasteiger partial charge in [0.2, 0.25) is 0 Å². The molecule has 2 atom stereocenters. The number of likely N-dealkylation sites (tertiary alicyclic amines) is 2. The molecule has 6 aromatic carbocycles. The van der Waals surface area contributed by atoms with Gasteiger partial charge in [0.15, 0.2) is 0 Å². The normalized spacial score (nSPS) is 17.3. The highest BCUT2D eigenvalue weighted by molar-refractivity contribution is 5.96. The number of rotatable bonds is 14. The maximum Gasteiger partial charge on any atom is 0.150 e. The largest absolute Gasteiger partial charge is 0.508 e. The molecular weight excluding hydrogens is 895 g/mol. The Morgan fingerprint density at radius 2 is 0.915 bits per heavy atom. The molecule has 0 unspecified atom stereocenters. The first-order chi connectivity index (χ1) is 34.2. The van der Waals surface area contributed by atoms with Crippen LogP contribution < -0.4 is 18.9 Å². The number of allylic oxidation sites excluding steroid dienone is 2. The van der Waals surface area contributed by atoms with Gasteiger partial charge in [0.25, 0.3) is 0 Å². The van der Waals surface area contributed by atoms with Crippen molar-refractivity contribution in [1.29, 1.82) is 0 Å². The predicted molar refractivity (Wildman–Crippen MR) is 286 cm³/mol. The van der Waals surface area contributed by atoms with Crippen molar-refractivity contribution in [3.63, 3.8) is 0 Å². The fourth-order valence-corrected chi connectivity index (χ4v) is 9.30. The number of fused-ring (bicyclic) bond motifs is 2. The highest BCUT2D eigenvalue weighted by Gasteiger charge is 2.32. The zero-order valence-corrected chi connectivity index (χ0v) is 41.4. The molecule has 71 heavy (non-hydrogen) atoms. The summed E-state index contributed by atoms with van der Waals surface area (Å²) in [6.07, 6.45) is -0.563. The molecule has 2 fully saturated rings. The summed E-state index contributed by atoms with van der Waals surface area (Å²) in [5.41, 5.74) is 10.6. The molecule has 376 valence electrons. The van der Waals surface area contributed by atoms with Crippen LogP contribution in [0, 0.1) is 11.8 Å². The molecule has 0 aliphatic carbocycles. The van der Waals surface area contributed by atoms with Crippen LogP contribution in [-0.4, -0.2) is 85.8 Å². The zero-order valence-electron chi connectivity index (χ0n) is 41.4. The molecule has 0 amide bonds. The molecule has 0 saturated carbocycles. The van der Waals surface area contributed by atoms with Gasteiger partial charge in [-0.25, -0.2) is 0 Å². The lowest BCUT2D eigenvalue weighted by atomic mass is 9.86. The molecule has 2 saturated heterocycles. The van der Waals surface area contributed by atoms with E-state index in [1.165, 1.54) is 0 Å². The van der Waals surface area contributed by atoms with Crippen LogP contribution >= 0.6 is 0 Å². The number of nitrogens with zero attached hydrogens (tertiary/aromatic N) is 2. The van der Waals surface area contributed by atoms with E-state index in [1.807, 2.05) is 125 Å². The van der Waals surface area contributed by atoms with Gasteiger partial charge in [0.1, 0.15) is 59.9 Å². The minimum Gasteiger partial charge on any atom is -0.508 e. The van der Waals surface area contributed by atoms with Crippen LogP contribution in [0.1, 0.15) is 94.6 Å². The Labute approximate surface area is 420 Å². The summed E-state index contributed by atoms with van der Waals surface area (Å²) in [6, 6.07) is 47.0. The van der Waals surface area contributed by atoms with E-state index < -0.39 is 0 Å². The Kier molecular flexibility index (Phi) is 19.7. The van der Waals surface area contributed by atoms with E-state index in [0.29, 0.717) is 19.0 Å². The number of alkyl halides is 2. The fourth-order valence-electron chi connectivity index (χ4n) is 9.30. The van der Waals surface area contributed by atoms with Crippen LogP contribution in [0.2, 0.25) is 0 Å². The van der Waals surface area contributed by atoms with E-state index in [2.05, 4.69) is 47.9 Å². The first-order valence-electron chi connectivity index (χ1n) is 24.8. The summed E-state index contributed by atoms with van der Waals surface area (Å²) in [5, 5.41) is 20.0. The third-order valence-corrected chi connectivity index (χ3v) is 12.9. The van der Waals surface area contributed by atoms with Crippen molar-refractivity contribution in [2.24, 2.45) is 11.8 Å². The molecule has 0 spiro atoms. The van der Waals surface area contributed by atoms with Gasteiger partial charge in [-0.05, 0) is 102 Å². The lowest BCUT2D eigenvalue weighted by Gasteiger charge is -2.37. The number of hydrogen-bond donors (Lipinski definition) is 2. The van der Waals surface area contributed by atoms with E-state index in [-0.39, 0.29) is 56.3 Å². The summed E-state index contributed by atoms with van der Waals surface area (Å²) in [7, 11) is 0. The van der Waals surface area contributed by atoms with Crippen LogP contribution in [0.3, 0.4) is 0 Å². The van der Waals surface area contributed by atoms with Gasteiger partial charge < -0.3 is 29.2 Å². The van der Waals surface area contributed by atoms with Crippen molar-refractivity contribution >= 4 is 22.3 Å². The molecular formula is C61H72F2N2O6. The molecule has 0 aromatic heterocycles. The highest BCUT2D eigenvalue weighted by atomic mass is 19.1. The SMILES string of the molecule is C.CC.CC.CC1=C(c2ccccc2)[C@H](c2ccc(OCCN3CC(CF)C3)cc2)Oc2cc(O)ccc21.CC1=C(c2ccccc2)[C@H](c2ccc(OCCN3CC(CF)C3)cc2)Oc2ccc(O)cc21. The maximum absolute atomic E-state index is 12.6. The van der Waals surface area contributed by atoms with Gasteiger partial charge in [-0.1, -0.05) is 120 Å². The van der Waals surface area contributed by atoms with Crippen molar-refractivity contribution < 1.29 is 37.9 Å². The Bertz CT molecular complexity index is 2650. The molecule has 8 nitrogen and oxygen atoms in total. The summed E-state index contributed by atoms with van der Waals surface area (Å²) in [4.78, 5) is 4.42. The van der Waals surface area contributed by atoms with Gasteiger partial charge >= 0.3 is 0 Å². The molecule has 6 aromatic rings. The van der Waals surface area contributed by atoms with E-state index in [1.54, 1.807) is 24.3 Å². The summed E-state index contributed by atoms with van der Waals surface area (Å²) in [5.74, 6) is 3.86. The molecule has 10 rings (SSSR count). The number of hydrogen-bond acceptors (Lipinski definition) is 8. The first kappa shape index (κ1) is 53.7. The van der Waals surface area contributed by atoms with E-state index >= 15 is 0 Å². The molecule has 0 radical (unpaired) electrons. The van der Waals surface area contributed by atoms with Crippen molar-refractivity contribution in [2.75, 3.05) is 65.8 Å². The third kappa shape index (κ3) is 13.0. The Hall–Kier alpha value is -6.62. The third-order valence-electron chi connectivity index (χ3n) is 12.9. The number of phenols is 2. The second-order valence-corrected chi connectivity index (χ2v) is 17.6. The summed E-state index contributed by atoms with van der Waals surface area (Å²) >= 11 is 0. The van der Waals surface area contributed by atoms with E-state index in [0.717, 1.165) is 112 Å². The minimum absolute atomic E-state index is 0. The Morgan fingerprint density at radius 3 is 1.37 bits per heavy atom. The monoisotopic (exact) mass is 967 g/mol. The number of benzene rings is 6. The van der Waals surface area contributed by atoms with E-state index in [9.17, 15) is 19.0 Å². The standard InChI is InChI=1S/2C28H28FNO3.2C2H6.CH4/c1-19-25-15-23(31)9-12-26(25)33-28(27(19)21-5-3-2-4-6-21)22-7-10-24(11-8-22)32-14-13-30-17-20(16-29)18-30;1-19-25-12-9-23(31)15-26(25)33-28(27(19)21-5-3-2-4-6-21)22-7-10-24(11-8-22)32-14-13-30-17-20(16-29)18-30;2*1-2;/h2*2-12,15,20,28,31H,13-14,16-18H2,1H3;2*1-2H3;1H4/t2*28-;;;/m00.../s1. The number of halogens is 2. The van der Waals surface area contributed by atoms with Gasteiger partial charge in [0, 0.05) is 79.4 Å². The van der Waals surface area contributed by atoms with Crippen molar-refractivity contribution in [1.82, 2.24) is 9.80 Å². The van der Waals surface area contributed by atoms with Crippen molar-refractivity contribution in [3.05, 3.63) is 179 Å². The van der Waals surface area contributed by atoms with Crippen LogP contribution in [0.25, 0.3) is 22.3 Å². The van der Waals surface area contributed by atoms with Crippen molar-refractivity contribution in [3.8, 4) is 34.5 Å². The second kappa shape index (κ2) is 26.0. The Morgan fingerprint density at radius 1 is 0.507 bits per heavy atom. The molecule has 0 bridgehead atoms.